The zero-order chi connectivity index (χ0) is 10.2. The third-order valence-electron chi connectivity index (χ3n) is 3.14. The Balaban J connectivity index is 1.99. The van der Waals surface area contributed by atoms with Crippen LogP contribution in [-0.4, -0.2) is 38.6 Å². The molecule has 1 aliphatic rings. The second-order valence-electron chi connectivity index (χ2n) is 4.86. The molecular weight excluding hydrogens is 172 g/mol. The first-order chi connectivity index (χ1) is 6.79. The van der Waals surface area contributed by atoms with Gasteiger partial charge in [0.15, 0.2) is 0 Å². The van der Waals surface area contributed by atoms with Crippen molar-refractivity contribution in [1.82, 2.24) is 10.2 Å². The number of nitrogens with zero attached hydrogens (tertiary/aromatic N) is 1. The van der Waals surface area contributed by atoms with E-state index in [0.717, 1.165) is 19.0 Å². The van der Waals surface area contributed by atoms with Gasteiger partial charge in [-0.1, -0.05) is 25.7 Å². The second-order valence-corrected chi connectivity index (χ2v) is 4.86. The molecule has 0 unspecified atom stereocenters. The van der Waals surface area contributed by atoms with Crippen molar-refractivity contribution >= 4 is 0 Å². The predicted octanol–water partition coefficient (Wildman–Crippen LogP) is 2.11. The molecule has 2 nitrogen and oxygen atoms in total. The lowest BCUT2D eigenvalue weighted by Crippen LogP contribution is -2.30. The van der Waals surface area contributed by atoms with E-state index in [1.807, 2.05) is 0 Å². The van der Waals surface area contributed by atoms with Gasteiger partial charge in [-0.2, -0.15) is 0 Å². The van der Waals surface area contributed by atoms with Crippen molar-refractivity contribution < 1.29 is 0 Å². The highest BCUT2D eigenvalue weighted by Crippen LogP contribution is 2.21. The standard InChI is InChI=1S/C12H26N2/c1-14(2)10-9-13-11-12-7-5-3-4-6-8-12/h12-13H,3-11H2,1-2H3. The fourth-order valence-electron chi connectivity index (χ4n) is 2.18. The van der Waals surface area contributed by atoms with Crippen LogP contribution in [0, 0.1) is 5.92 Å². The molecule has 0 bridgehead atoms. The van der Waals surface area contributed by atoms with Gasteiger partial charge in [0.05, 0.1) is 0 Å². The van der Waals surface area contributed by atoms with Gasteiger partial charge in [0.25, 0.3) is 0 Å². The maximum absolute atomic E-state index is 3.57. The van der Waals surface area contributed by atoms with Crippen LogP contribution in [0.1, 0.15) is 38.5 Å². The number of likely N-dealkylation sites (N-methyl/N-ethyl adjacent to an activating group) is 1. The molecule has 1 fully saturated rings. The van der Waals surface area contributed by atoms with Gasteiger partial charge < -0.3 is 10.2 Å². The zero-order valence-electron chi connectivity index (χ0n) is 9.89. The summed E-state index contributed by atoms with van der Waals surface area (Å²) >= 11 is 0. The van der Waals surface area contributed by atoms with Crippen LogP contribution in [0.15, 0.2) is 0 Å². The minimum Gasteiger partial charge on any atom is -0.315 e. The summed E-state index contributed by atoms with van der Waals surface area (Å²) in [5, 5.41) is 3.57. The fraction of sp³-hybridized carbons (Fsp3) is 1.00. The number of rotatable bonds is 5. The molecule has 1 saturated carbocycles. The summed E-state index contributed by atoms with van der Waals surface area (Å²) in [6, 6.07) is 0. The highest BCUT2D eigenvalue weighted by Gasteiger charge is 2.11. The molecule has 84 valence electrons. The first kappa shape index (κ1) is 12.0. The summed E-state index contributed by atoms with van der Waals surface area (Å²) in [7, 11) is 4.26. The summed E-state index contributed by atoms with van der Waals surface area (Å²) < 4.78 is 0. The molecule has 14 heavy (non-hydrogen) atoms. The molecule has 0 heterocycles. The van der Waals surface area contributed by atoms with Crippen LogP contribution in [0.25, 0.3) is 0 Å². The maximum atomic E-state index is 3.57. The van der Waals surface area contributed by atoms with Gasteiger partial charge in [-0.15, -0.1) is 0 Å². The van der Waals surface area contributed by atoms with Gasteiger partial charge in [-0.25, -0.2) is 0 Å². The van der Waals surface area contributed by atoms with Crippen LogP contribution >= 0.6 is 0 Å². The molecular formula is C12H26N2. The van der Waals surface area contributed by atoms with Crippen LogP contribution in [0.5, 0.6) is 0 Å². The summed E-state index contributed by atoms with van der Waals surface area (Å²) in [6.07, 6.45) is 8.76. The number of nitrogens with one attached hydrogen (secondary N) is 1. The van der Waals surface area contributed by atoms with E-state index in [1.54, 1.807) is 0 Å². The first-order valence-corrected chi connectivity index (χ1v) is 6.14. The van der Waals surface area contributed by atoms with E-state index in [1.165, 1.54) is 45.1 Å². The quantitative estimate of drug-likeness (QED) is 0.537. The molecule has 0 atom stereocenters. The SMILES string of the molecule is CN(C)CCNCC1CCCCCC1. The second kappa shape index (κ2) is 7.24. The molecule has 0 amide bonds. The molecule has 0 spiro atoms. The minimum atomic E-state index is 0.958. The highest BCUT2D eigenvalue weighted by molar-refractivity contribution is 4.67. The lowest BCUT2D eigenvalue weighted by molar-refractivity contribution is 0.374. The number of hydrogen-bond acceptors (Lipinski definition) is 2. The minimum absolute atomic E-state index is 0.958. The largest absolute Gasteiger partial charge is 0.315 e. The molecule has 0 aromatic carbocycles. The van der Waals surface area contributed by atoms with Crippen molar-refractivity contribution in [2.45, 2.75) is 38.5 Å². The Morgan fingerprint density at radius 1 is 1.07 bits per heavy atom. The molecule has 0 aromatic rings. The van der Waals surface area contributed by atoms with E-state index in [0.29, 0.717) is 0 Å². The highest BCUT2D eigenvalue weighted by atomic mass is 15.1. The van der Waals surface area contributed by atoms with E-state index in [9.17, 15) is 0 Å². The summed E-state index contributed by atoms with van der Waals surface area (Å²) in [5.74, 6) is 0.958. The Morgan fingerprint density at radius 2 is 1.71 bits per heavy atom. The van der Waals surface area contributed by atoms with E-state index >= 15 is 0 Å². The van der Waals surface area contributed by atoms with Crippen LogP contribution in [-0.2, 0) is 0 Å². The third kappa shape index (κ3) is 5.61. The van der Waals surface area contributed by atoms with E-state index in [4.69, 9.17) is 0 Å². The van der Waals surface area contributed by atoms with Crippen LogP contribution in [0.2, 0.25) is 0 Å². The lowest BCUT2D eigenvalue weighted by Gasteiger charge is -2.16. The van der Waals surface area contributed by atoms with Gasteiger partial charge >= 0.3 is 0 Å². The van der Waals surface area contributed by atoms with Crippen LogP contribution in [0.4, 0.5) is 0 Å². The Bertz CT molecular complexity index is 126. The van der Waals surface area contributed by atoms with Crippen molar-refractivity contribution in [3.63, 3.8) is 0 Å². The Labute approximate surface area is 89.1 Å². The van der Waals surface area contributed by atoms with Gasteiger partial charge in [-0.3, -0.25) is 0 Å². The fourth-order valence-corrected chi connectivity index (χ4v) is 2.18. The molecule has 2 heteroatoms. The summed E-state index contributed by atoms with van der Waals surface area (Å²) in [5.41, 5.74) is 0. The Morgan fingerprint density at radius 3 is 2.29 bits per heavy atom. The number of hydrogen-bond donors (Lipinski definition) is 1. The van der Waals surface area contributed by atoms with Gasteiger partial charge in [0.2, 0.25) is 0 Å². The molecule has 1 rings (SSSR count). The predicted molar refractivity (Wildman–Crippen MR) is 62.6 cm³/mol. The average Bonchev–Trinajstić information content (AvgIpc) is 2.40. The van der Waals surface area contributed by atoms with Gasteiger partial charge in [0.1, 0.15) is 0 Å². The monoisotopic (exact) mass is 198 g/mol. The third-order valence-corrected chi connectivity index (χ3v) is 3.14. The normalized spacial score (nSPS) is 19.9. The van der Waals surface area contributed by atoms with E-state index in [2.05, 4.69) is 24.3 Å². The molecule has 1 aliphatic carbocycles. The van der Waals surface area contributed by atoms with Gasteiger partial charge in [-0.05, 0) is 39.4 Å². The molecule has 0 aliphatic heterocycles. The molecule has 0 aromatic heterocycles. The Hall–Kier alpha value is -0.0800. The first-order valence-electron chi connectivity index (χ1n) is 6.14. The molecule has 0 saturated heterocycles. The van der Waals surface area contributed by atoms with Gasteiger partial charge in [0, 0.05) is 13.1 Å². The topological polar surface area (TPSA) is 15.3 Å². The Kier molecular flexibility index (Phi) is 6.20. The van der Waals surface area contributed by atoms with E-state index in [-0.39, 0.29) is 0 Å². The smallest absolute Gasteiger partial charge is 0.0101 e. The maximum Gasteiger partial charge on any atom is 0.0101 e. The summed E-state index contributed by atoms with van der Waals surface area (Å²) in [6.45, 7) is 3.55. The average molecular weight is 198 g/mol. The van der Waals surface area contributed by atoms with Crippen molar-refractivity contribution in [3.05, 3.63) is 0 Å². The van der Waals surface area contributed by atoms with Crippen molar-refractivity contribution in [2.75, 3.05) is 33.7 Å². The molecule has 1 N–H and O–H groups in total. The van der Waals surface area contributed by atoms with Crippen molar-refractivity contribution in [3.8, 4) is 0 Å². The van der Waals surface area contributed by atoms with E-state index < -0.39 is 0 Å². The van der Waals surface area contributed by atoms with Crippen molar-refractivity contribution in [2.24, 2.45) is 5.92 Å². The molecule has 0 radical (unpaired) electrons. The van der Waals surface area contributed by atoms with Crippen LogP contribution < -0.4 is 5.32 Å². The van der Waals surface area contributed by atoms with Crippen molar-refractivity contribution in [1.29, 1.82) is 0 Å². The zero-order valence-corrected chi connectivity index (χ0v) is 9.89. The lowest BCUT2D eigenvalue weighted by atomic mass is 10.0. The van der Waals surface area contributed by atoms with Crippen LogP contribution in [0.3, 0.4) is 0 Å². The summed E-state index contributed by atoms with van der Waals surface area (Å²) in [4.78, 5) is 2.24.